The number of nitrogens with two attached hydrogens (primary N) is 1. The molecule has 0 aliphatic carbocycles. The number of carbonyl (C=O) groups is 2. The Morgan fingerprint density at radius 1 is 0.345 bits per heavy atom. The van der Waals surface area contributed by atoms with Crippen LogP contribution in [0.1, 0.15) is 219 Å². The molecule has 0 saturated carbocycles. The van der Waals surface area contributed by atoms with Gasteiger partial charge in [0.1, 0.15) is 6.61 Å². The van der Waals surface area contributed by atoms with Gasteiger partial charge in [0.15, 0.2) is 6.10 Å². The van der Waals surface area contributed by atoms with Crippen LogP contribution in [0.25, 0.3) is 0 Å². The second-order valence-electron chi connectivity index (χ2n) is 20.9. The average Bonchev–Trinajstić information content (AvgIpc) is 3.65. The molecular weight excluding hydrogens is 1100 g/mol. The number of carbonyl (C=O) groups excluding carboxylic acids is 2. The molecule has 484 valence electrons. The Morgan fingerprint density at radius 3 is 0.885 bits per heavy atom. The van der Waals surface area contributed by atoms with E-state index in [2.05, 4.69) is 233 Å². The molecule has 0 heterocycles. The summed E-state index contributed by atoms with van der Waals surface area (Å²) in [4.78, 5) is 35.3. The van der Waals surface area contributed by atoms with Crippen LogP contribution >= 0.6 is 7.82 Å². The smallest absolute Gasteiger partial charge is 0.462 e. The summed E-state index contributed by atoms with van der Waals surface area (Å²) < 4.78 is 33.1. The predicted octanol–water partition coefficient (Wildman–Crippen LogP) is 22.1. The molecule has 0 radical (unpaired) electrons. The van der Waals surface area contributed by atoms with Crippen LogP contribution in [0.5, 0.6) is 0 Å². The van der Waals surface area contributed by atoms with Gasteiger partial charge in [-0.1, -0.05) is 271 Å². The lowest BCUT2D eigenvalue weighted by Crippen LogP contribution is -2.29. The Kier molecular flexibility index (Phi) is 64.9. The van der Waals surface area contributed by atoms with E-state index in [1.807, 2.05) is 0 Å². The third-order valence-corrected chi connectivity index (χ3v) is 13.8. The van der Waals surface area contributed by atoms with Crippen LogP contribution in [0.4, 0.5) is 0 Å². The van der Waals surface area contributed by atoms with Crippen molar-refractivity contribution in [2.75, 3.05) is 26.4 Å². The highest BCUT2D eigenvalue weighted by atomic mass is 31.2. The second kappa shape index (κ2) is 69.4. The van der Waals surface area contributed by atoms with E-state index in [-0.39, 0.29) is 32.6 Å². The van der Waals surface area contributed by atoms with E-state index in [0.717, 1.165) is 180 Å². The molecule has 0 rings (SSSR count). The zero-order valence-corrected chi connectivity index (χ0v) is 55.0. The van der Waals surface area contributed by atoms with Crippen molar-refractivity contribution in [3.05, 3.63) is 219 Å². The first-order valence-corrected chi connectivity index (χ1v) is 34.7. The van der Waals surface area contributed by atoms with Crippen LogP contribution < -0.4 is 5.73 Å². The first-order chi connectivity index (χ1) is 42.8. The third-order valence-electron chi connectivity index (χ3n) is 12.9. The largest absolute Gasteiger partial charge is 0.472 e. The van der Waals surface area contributed by atoms with Crippen molar-refractivity contribution in [2.24, 2.45) is 5.73 Å². The van der Waals surface area contributed by atoms with Crippen LogP contribution in [-0.4, -0.2) is 49.3 Å². The summed E-state index contributed by atoms with van der Waals surface area (Å²) in [5.41, 5.74) is 5.39. The number of hydrogen-bond donors (Lipinski definition) is 2. The number of ether oxygens (including phenoxy) is 2. The minimum atomic E-state index is -4.42. The summed E-state index contributed by atoms with van der Waals surface area (Å²) in [6, 6.07) is 0. The number of esters is 2. The lowest BCUT2D eigenvalue weighted by Gasteiger charge is -2.19. The van der Waals surface area contributed by atoms with Crippen molar-refractivity contribution in [3.8, 4) is 0 Å². The average molecular weight is 1220 g/mol. The van der Waals surface area contributed by atoms with Gasteiger partial charge < -0.3 is 20.1 Å². The summed E-state index contributed by atoms with van der Waals surface area (Å²) in [5, 5.41) is 0. The Labute approximate surface area is 531 Å². The zero-order valence-electron chi connectivity index (χ0n) is 54.1. The van der Waals surface area contributed by atoms with Crippen LogP contribution in [-0.2, 0) is 32.7 Å². The van der Waals surface area contributed by atoms with E-state index < -0.39 is 32.5 Å². The van der Waals surface area contributed by atoms with Gasteiger partial charge >= 0.3 is 19.8 Å². The summed E-state index contributed by atoms with van der Waals surface area (Å²) >= 11 is 0. The molecule has 0 bridgehead atoms. The van der Waals surface area contributed by atoms with Crippen LogP contribution in [0.3, 0.4) is 0 Å². The molecule has 3 N–H and O–H groups in total. The van der Waals surface area contributed by atoms with Crippen molar-refractivity contribution in [3.63, 3.8) is 0 Å². The van der Waals surface area contributed by atoms with Gasteiger partial charge in [-0.3, -0.25) is 18.6 Å². The van der Waals surface area contributed by atoms with Crippen molar-refractivity contribution in [2.45, 2.75) is 225 Å². The fraction of sp³-hybridized carbons (Fsp3) is 0.506. The second-order valence-corrected chi connectivity index (χ2v) is 22.3. The number of phosphoric ester groups is 1. The SMILES string of the molecule is CC/C=C\C/C=C\C/C=C\C/C=C\C/C=C\C/C=C\C/C=C\C/C=C\C/C=C\C/C=C\C/C=C\C/C=C\CCCCCCC(=O)OC(COC(=O)CCCCCCCC/C=C\C/C=C\C/C=C\C/C=C\C/C=C\C/C=C\CC)COP(=O)(O)OCCN. The highest BCUT2D eigenvalue weighted by molar-refractivity contribution is 7.47. The molecule has 10 heteroatoms. The van der Waals surface area contributed by atoms with Crippen LogP contribution in [0.2, 0.25) is 0 Å². The summed E-state index contributed by atoms with van der Waals surface area (Å²) in [5.74, 6) is -0.893. The Morgan fingerprint density at radius 2 is 0.598 bits per heavy atom. The van der Waals surface area contributed by atoms with Crippen molar-refractivity contribution in [1.82, 2.24) is 0 Å². The van der Waals surface area contributed by atoms with Gasteiger partial charge in [0.05, 0.1) is 13.2 Å². The Hall–Kier alpha value is -5.67. The number of allylic oxidation sites excluding steroid dienone is 36. The third kappa shape index (κ3) is 69.3. The maximum atomic E-state index is 12.7. The maximum Gasteiger partial charge on any atom is 0.472 e. The summed E-state index contributed by atoms with van der Waals surface area (Å²) in [6.07, 6.45) is 109. The molecule has 87 heavy (non-hydrogen) atoms. The number of hydrogen-bond acceptors (Lipinski definition) is 8. The Bertz CT molecular complexity index is 2220. The Balaban J connectivity index is 4.10. The highest BCUT2D eigenvalue weighted by Crippen LogP contribution is 2.43. The predicted molar refractivity (Wildman–Crippen MR) is 375 cm³/mol. The monoisotopic (exact) mass is 1220 g/mol. The van der Waals surface area contributed by atoms with Gasteiger partial charge in [-0.05, 0) is 154 Å². The van der Waals surface area contributed by atoms with E-state index >= 15 is 0 Å². The fourth-order valence-electron chi connectivity index (χ4n) is 8.03. The first kappa shape index (κ1) is 81.3. The molecule has 0 aromatic rings. The standard InChI is InChI=1S/C77H118NO8P/c1-3-5-7-9-11-13-15-17-19-21-23-25-27-29-30-31-32-33-34-35-36-37-38-39-40-41-42-43-44-46-48-50-52-54-56-58-60-62-64-66-68-70-77(80)86-75(74-85-87(81,82)84-72-71-78)73-83-76(79)69-67-65-63-61-59-57-55-53-51-49-47-45-28-26-24-22-20-18-16-14-12-10-8-6-4-2/h5-8,11-14,17-20,23-26,29-30,32-33,35-36,38-39,41-42,44-47,50-53,56,58,75H,3-4,9-10,15-16,21-22,27-28,31,34,37,40,43,48-49,54-55,57,59-74,78H2,1-2H3,(H,81,82)/b7-5-,8-6-,13-11-,14-12-,19-17-,20-18-,25-23-,26-24-,30-29-,33-32-,36-35-,39-38-,42-41-,46-44-,47-45-,52-50-,53-51-,58-56-. The van der Waals surface area contributed by atoms with Crippen molar-refractivity contribution < 1.29 is 37.6 Å². The van der Waals surface area contributed by atoms with Gasteiger partial charge in [-0.15, -0.1) is 0 Å². The number of phosphoric acid groups is 1. The van der Waals surface area contributed by atoms with E-state index in [1.54, 1.807) is 0 Å². The molecule has 0 fully saturated rings. The molecule has 0 saturated heterocycles. The summed E-state index contributed by atoms with van der Waals surface area (Å²) in [7, 11) is -4.42. The van der Waals surface area contributed by atoms with E-state index in [0.29, 0.717) is 12.8 Å². The van der Waals surface area contributed by atoms with E-state index in [1.165, 1.54) is 0 Å². The topological polar surface area (TPSA) is 134 Å². The van der Waals surface area contributed by atoms with Gasteiger partial charge in [0.25, 0.3) is 0 Å². The molecule has 9 nitrogen and oxygen atoms in total. The molecule has 0 aliphatic heterocycles. The highest BCUT2D eigenvalue weighted by Gasteiger charge is 2.26. The van der Waals surface area contributed by atoms with Gasteiger partial charge in [0.2, 0.25) is 0 Å². The van der Waals surface area contributed by atoms with Gasteiger partial charge in [-0.25, -0.2) is 4.57 Å². The van der Waals surface area contributed by atoms with E-state index in [9.17, 15) is 19.0 Å². The zero-order chi connectivity index (χ0) is 63.0. The van der Waals surface area contributed by atoms with Crippen molar-refractivity contribution >= 4 is 19.8 Å². The molecule has 0 aromatic carbocycles. The minimum Gasteiger partial charge on any atom is -0.462 e. The first-order valence-electron chi connectivity index (χ1n) is 33.2. The lowest BCUT2D eigenvalue weighted by molar-refractivity contribution is -0.161. The lowest BCUT2D eigenvalue weighted by atomic mass is 10.1. The van der Waals surface area contributed by atoms with Gasteiger partial charge in [0, 0.05) is 19.4 Å². The van der Waals surface area contributed by atoms with Crippen LogP contribution in [0.15, 0.2) is 219 Å². The quantitative estimate of drug-likeness (QED) is 0.0264. The molecule has 0 spiro atoms. The van der Waals surface area contributed by atoms with Crippen LogP contribution in [0, 0.1) is 0 Å². The molecule has 0 aromatic heterocycles. The van der Waals surface area contributed by atoms with E-state index in [4.69, 9.17) is 24.3 Å². The van der Waals surface area contributed by atoms with Gasteiger partial charge in [-0.2, -0.15) is 0 Å². The normalized spacial score (nSPS) is 14.4. The number of rotatable bonds is 59. The molecular formula is C77H118NO8P. The van der Waals surface area contributed by atoms with Crippen molar-refractivity contribution in [1.29, 1.82) is 0 Å². The summed E-state index contributed by atoms with van der Waals surface area (Å²) in [6.45, 7) is 3.43. The minimum absolute atomic E-state index is 0.0340. The number of unbranched alkanes of at least 4 members (excludes halogenated alkanes) is 10. The molecule has 0 amide bonds. The molecule has 2 atom stereocenters. The molecule has 0 aliphatic rings. The maximum absolute atomic E-state index is 12.7. The molecule has 2 unspecified atom stereocenters. The fourth-order valence-corrected chi connectivity index (χ4v) is 8.80.